The summed E-state index contributed by atoms with van der Waals surface area (Å²) in [7, 11) is 0. The zero-order valence-electron chi connectivity index (χ0n) is 11.0. The maximum atomic E-state index is 12.0. The molecule has 1 aliphatic heterocycles. The predicted molar refractivity (Wildman–Crippen MR) is 68.8 cm³/mol. The molecule has 4 heteroatoms. The van der Waals surface area contributed by atoms with Crippen molar-refractivity contribution in [2.75, 3.05) is 6.54 Å². The molecule has 100 valence electrons. The van der Waals surface area contributed by atoms with E-state index in [0.717, 1.165) is 32.1 Å². The molecular weight excluding hydrogens is 216 g/mol. The summed E-state index contributed by atoms with van der Waals surface area (Å²) in [5.41, 5.74) is 0. The molecule has 3 unspecified atom stereocenters. The van der Waals surface area contributed by atoms with E-state index in [9.17, 15) is 9.90 Å². The standard InChI is InChI=1S/C13H26N2O2/c1-3-5-7-10(6-4-2)15-13(17)12-8-11(16)9-14-12/h10-12,14,16H,3-9H2,1-2H3,(H,15,17). The van der Waals surface area contributed by atoms with Crippen LogP contribution in [0.25, 0.3) is 0 Å². The molecule has 0 radical (unpaired) electrons. The minimum absolute atomic E-state index is 0.0519. The van der Waals surface area contributed by atoms with E-state index in [0.29, 0.717) is 19.0 Å². The highest BCUT2D eigenvalue weighted by atomic mass is 16.3. The molecule has 0 aromatic rings. The van der Waals surface area contributed by atoms with Gasteiger partial charge >= 0.3 is 0 Å². The van der Waals surface area contributed by atoms with Gasteiger partial charge in [-0.15, -0.1) is 0 Å². The van der Waals surface area contributed by atoms with E-state index in [1.54, 1.807) is 0 Å². The van der Waals surface area contributed by atoms with Crippen molar-refractivity contribution in [2.24, 2.45) is 0 Å². The fourth-order valence-electron chi connectivity index (χ4n) is 2.31. The van der Waals surface area contributed by atoms with Gasteiger partial charge in [0.15, 0.2) is 0 Å². The SMILES string of the molecule is CCCCC(CCC)NC(=O)C1CC(O)CN1. The van der Waals surface area contributed by atoms with Crippen LogP contribution in [0.4, 0.5) is 0 Å². The average Bonchev–Trinajstić information content (AvgIpc) is 2.73. The summed E-state index contributed by atoms with van der Waals surface area (Å²) in [5, 5.41) is 15.5. The third-order valence-corrected chi connectivity index (χ3v) is 3.31. The van der Waals surface area contributed by atoms with Crippen molar-refractivity contribution < 1.29 is 9.90 Å². The number of unbranched alkanes of at least 4 members (excludes halogenated alkanes) is 1. The Kier molecular flexibility index (Phi) is 6.52. The van der Waals surface area contributed by atoms with Gasteiger partial charge in [0.05, 0.1) is 12.1 Å². The highest BCUT2D eigenvalue weighted by molar-refractivity contribution is 5.82. The number of aliphatic hydroxyl groups is 1. The molecule has 1 saturated heterocycles. The Bertz CT molecular complexity index is 233. The lowest BCUT2D eigenvalue weighted by Gasteiger charge is -2.20. The summed E-state index contributed by atoms with van der Waals surface area (Å²) in [4.78, 5) is 12.0. The van der Waals surface area contributed by atoms with Crippen LogP contribution < -0.4 is 10.6 Å². The van der Waals surface area contributed by atoms with Gasteiger partial charge in [-0.25, -0.2) is 0 Å². The largest absolute Gasteiger partial charge is 0.392 e. The van der Waals surface area contributed by atoms with Crippen molar-refractivity contribution in [1.29, 1.82) is 0 Å². The van der Waals surface area contributed by atoms with Crippen LogP contribution in [0.5, 0.6) is 0 Å². The first kappa shape index (κ1) is 14.5. The van der Waals surface area contributed by atoms with Crippen molar-refractivity contribution in [3.05, 3.63) is 0 Å². The molecule has 1 aliphatic rings. The molecule has 0 spiro atoms. The molecule has 1 amide bonds. The Morgan fingerprint density at radius 2 is 2.18 bits per heavy atom. The second-order valence-electron chi connectivity index (χ2n) is 4.99. The van der Waals surface area contributed by atoms with Gasteiger partial charge in [-0.05, 0) is 19.3 Å². The molecule has 3 atom stereocenters. The third-order valence-electron chi connectivity index (χ3n) is 3.31. The molecule has 1 fully saturated rings. The summed E-state index contributed by atoms with van der Waals surface area (Å²) in [6.07, 6.45) is 5.69. The molecule has 0 aliphatic carbocycles. The molecule has 3 N–H and O–H groups in total. The fourth-order valence-corrected chi connectivity index (χ4v) is 2.31. The molecule has 1 heterocycles. The fraction of sp³-hybridized carbons (Fsp3) is 0.923. The first-order chi connectivity index (χ1) is 8.17. The van der Waals surface area contributed by atoms with Gasteiger partial charge in [-0.3, -0.25) is 4.79 Å². The molecule has 17 heavy (non-hydrogen) atoms. The van der Waals surface area contributed by atoms with E-state index in [1.165, 1.54) is 0 Å². The van der Waals surface area contributed by atoms with Crippen LogP contribution in [-0.4, -0.2) is 35.7 Å². The monoisotopic (exact) mass is 242 g/mol. The maximum Gasteiger partial charge on any atom is 0.237 e. The minimum atomic E-state index is -0.369. The number of β-amino-alcohol motifs (C(OH)–C–C–N with tert-alkyl or cyclic N) is 1. The molecule has 0 saturated carbocycles. The minimum Gasteiger partial charge on any atom is -0.392 e. The number of carbonyl (C=O) groups excluding carboxylic acids is 1. The number of carbonyl (C=O) groups is 1. The Morgan fingerprint density at radius 1 is 1.41 bits per heavy atom. The van der Waals surface area contributed by atoms with E-state index < -0.39 is 0 Å². The van der Waals surface area contributed by atoms with Crippen molar-refractivity contribution in [2.45, 2.75) is 70.6 Å². The van der Waals surface area contributed by atoms with Gasteiger partial charge in [0.2, 0.25) is 5.91 Å². The van der Waals surface area contributed by atoms with Crippen molar-refractivity contribution in [1.82, 2.24) is 10.6 Å². The van der Waals surface area contributed by atoms with Crippen LogP contribution in [0.2, 0.25) is 0 Å². The van der Waals surface area contributed by atoms with Crippen molar-refractivity contribution >= 4 is 5.91 Å². The van der Waals surface area contributed by atoms with E-state index in [4.69, 9.17) is 0 Å². The summed E-state index contributed by atoms with van der Waals surface area (Å²) >= 11 is 0. The van der Waals surface area contributed by atoms with E-state index in [2.05, 4.69) is 24.5 Å². The highest BCUT2D eigenvalue weighted by Crippen LogP contribution is 2.10. The maximum absolute atomic E-state index is 12.0. The average molecular weight is 242 g/mol. The first-order valence-corrected chi connectivity index (χ1v) is 6.89. The zero-order chi connectivity index (χ0) is 12.7. The number of rotatable bonds is 7. The van der Waals surface area contributed by atoms with Gasteiger partial charge in [-0.2, -0.15) is 0 Å². The molecule has 1 rings (SSSR count). The summed E-state index contributed by atoms with van der Waals surface area (Å²) < 4.78 is 0. The molecule has 0 bridgehead atoms. The van der Waals surface area contributed by atoms with E-state index in [1.807, 2.05) is 0 Å². The smallest absolute Gasteiger partial charge is 0.237 e. The second kappa shape index (κ2) is 7.67. The molecule has 4 nitrogen and oxygen atoms in total. The Hall–Kier alpha value is -0.610. The van der Waals surface area contributed by atoms with Crippen LogP contribution in [0.1, 0.15) is 52.4 Å². The Morgan fingerprint density at radius 3 is 2.71 bits per heavy atom. The number of aliphatic hydroxyl groups excluding tert-OH is 1. The van der Waals surface area contributed by atoms with E-state index >= 15 is 0 Å². The first-order valence-electron chi connectivity index (χ1n) is 6.89. The zero-order valence-corrected chi connectivity index (χ0v) is 11.0. The molecule has 0 aromatic heterocycles. The Labute approximate surface area is 104 Å². The van der Waals surface area contributed by atoms with Crippen LogP contribution in [0.3, 0.4) is 0 Å². The van der Waals surface area contributed by atoms with Crippen LogP contribution in [0, 0.1) is 0 Å². The molecular formula is C13H26N2O2. The lowest BCUT2D eigenvalue weighted by molar-refractivity contribution is -0.123. The van der Waals surface area contributed by atoms with Gasteiger partial charge in [0, 0.05) is 12.6 Å². The van der Waals surface area contributed by atoms with Crippen molar-refractivity contribution in [3.63, 3.8) is 0 Å². The number of hydrogen-bond donors (Lipinski definition) is 3. The van der Waals surface area contributed by atoms with Crippen molar-refractivity contribution in [3.8, 4) is 0 Å². The summed E-state index contributed by atoms with van der Waals surface area (Å²) in [6.45, 7) is 4.84. The van der Waals surface area contributed by atoms with Gasteiger partial charge in [0.25, 0.3) is 0 Å². The lowest BCUT2D eigenvalue weighted by atomic mass is 10.0. The van der Waals surface area contributed by atoms with Gasteiger partial charge < -0.3 is 15.7 Å². The third kappa shape index (κ3) is 5.04. The van der Waals surface area contributed by atoms with Crippen LogP contribution in [-0.2, 0) is 4.79 Å². The van der Waals surface area contributed by atoms with Crippen LogP contribution >= 0.6 is 0 Å². The Balaban J connectivity index is 2.34. The lowest BCUT2D eigenvalue weighted by Crippen LogP contribution is -2.45. The highest BCUT2D eigenvalue weighted by Gasteiger charge is 2.28. The van der Waals surface area contributed by atoms with Gasteiger partial charge in [0.1, 0.15) is 0 Å². The number of hydrogen-bond acceptors (Lipinski definition) is 3. The normalized spacial score (nSPS) is 25.8. The predicted octanol–water partition coefficient (Wildman–Crippen LogP) is 1.18. The number of nitrogens with one attached hydrogen (secondary N) is 2. The van der Waals surface area contributed by atoms with Crippen LogP contribution in [0.15, 0.2) is 0 Å². The summed E-state index contributed by atoms with van der Waals surface area (Å²) in [5.74, 6) is 0.0519. The molecule has 0 aromatic carbocycles. The second-order valence-corrected chi connectivity index (χ2v) is 4.99. The topological polar surface area (TPSA) is 61.4 Å². The van der Waals surface area contributed by atoms with E-state index in [-0.39, 0.29) is 18.1 Å². The van der Waals surface area contributed by atoms with Gasteiger partial charge in [-0.1, -0.05) is 33.1 Å². The quantitative estimate of drug-likeness (QED) is 0.628. The number of amides is 1. The summed E-state index contributed by atoms with van der Waals surface area (Å²) in [6, 6.07) is 0.0953.